The smallest absolute Gasteiger partial charge is 0.331 e. The average molecular weight is 200 g/mol. The molecule has 15 heavy (non-hydrogen) atoms. The summed E-state index contributed by atoms with van der Waals surface area (Å²) in [5.74, 6) is 5.30. The van der Waals surface area contributed by atoms with Crippen molar-refractivity contribution in [3.8, 4) is 11.8 Å². The summed E-state index contributed by atoms with van der Waals surface area (Å²) in [6.07, 6.45) is 2.81. The first-order chi connectivity index (χ1) is 7.33. The van der Waals surface area contributed by atoms with Gasteiger partial charge in [-0.1, -0.05) is 30.0 Å². The van der Waals surface area contributed by atoms with Gasteiger partial charge in [0.1, 0.15) is 0 Å². The maximum absolute atomic E-state index is 10.9. The second-order valence-corrected chi connectivity index (χ2v) is 2.72. The van der Waals surface area contributed by atoms with Crippen LogP contribution in [0.1, 0.15) is 12.5 Å². The van der Waals surface area contributed by atoms with Gasteiger partial charge in [0.25, 0.3) is 0 Å². The van der Waals surface area contributed by atoms with Crippen LogP contribution in [0.25, 0.3) is 0 Å². The lowest BCUT2D eigenvalue weighted by atomic mass is 10.2. The summed E-state index contributed by atoms with van der Waals surface area (Å²) in [6, 6.07) is 9.58. The van der Waals surface area contributed by atoms with Crippen LogP contribution < -0.4 is 0 Å². The quantitative estimate of drug-likeness (QED) is 0.415. The number of carbonyl (C=O) groups is 1. The maximum atomic E-state index is 10.9. The molecule has 0 aromatic heterocycles. The molecule has 0 saturated carbocycles. The Hall–Kier alpha value is -2.01. The number of hydrogen-bond acceptors (Lipinski definition) is 2. The lowest BCUT2D eigenvalue weighted by Gasteiger charge is -1.91. The van der Waals surface area contributed by atoms with Gasteiger partial charge in [0.15, 0.2) is 0 Å². The van der Waals surface area contributed by atoms with Crippen molar-refractivity contribution < 1.29 is 9.53 Å². The van der Waals surface area contributed by atoms with Crippen molar-refractivity contribution in [1.29, 1.82) is 0 Å². The van der Waals surface area contributed by atoms with E-state index in [2.05, 4.69) is 11.8 Å². The first kappa shape index (κ1) is 11.1. The molecule has 0 unspecified atom stereocenters. The average Bonchev–Trinajstić information content (AvgIpc) is 2.26. The van der Waals surface area contributed by atoms with E-state index >= 15 is 0 Å². The van der Waals surface area contributed by atoms with Crippen LogP contribution in [0.4, 0.5) is 0 Å². The zero-order valence-electron chi connectivity index (χ0n) is 8.57. The molecule has 0 aliphatic heterocycles. The van der Waals surface area contributed by atoms with E-state index in [1.54, 1.807) is 6.92 Å². The predicted molar refractivity (Wildman–Crippen MR) is 59.1 cm³/mol. The van der Waals surface area contributed by atoms with Gasteiger partial charge in [-0.2, -0.15) is 0 Å². The molecule has 0 aliphatic rings. The minimum Gasteiger partial charge on any atom is -0.463 e. The van der Waals surface area contributed by atoms with Crippen LogP contribution in [0.3, 0.4) is 0 Å². The van der Waals surface area contributed by atoms with E-state index in [4.69, 9.17) is 4.74 Å². The van der Waals surface area contributed by atoms with Crippen molar-refractivity contribution in [2.45, 2.75) is 6.92 Å². The molecule has 0 atom stereocenters. The monoisotopic (exact) mass is 200 g/mol. The Morgan fingerprint density at radius 3 is 2.80 bits per heavy atom. The van der Waals surface area contributed by atoms with Gasteiger partial charge in [-0.15, -0.1) is 0 Å². The molecule has 0 fully saturated rings. The number of benzene rings is 1. The third kappa shape index (κ3) is 4.68. The second-order valence-electron chi connectivity index (χ2n) is 2.72. The fourth-order valence-corrected chi connectivity index (χ4v) is 0.947. The van der Waals surface area contributed by atoms with Crippen LogP contribution in [-0.4, -0.2) is 12.6 Å². The maximum Gasteiger partial charge on any atom is 0.331 e. The Balaban J connectivity index is 2.50. The molecule has 0 radical (unpaired) electrons. The van der Waals surface area contributed by atoms with Gasteiger partial charge in [-0.25, -0.2) is 4.79 Å². The number of carbonyl (C=O) groups excluding carboxylic acids is 1. The SMILES string of the molecule is CCOC(=O)/C=C\C#Cc1ccccc1. The van der Waals surface area contributed by atoms with Crippen LogP contribution in [0.15, 0.2) is 42.5 Å². The van der Waals surface area contributed by atoms with E-state index in [0.29, 0.717) is 6.61 Å². The van der Waals surface area contributed by atoms with E-state index in [1.165, 1.54) is 12.2 Å². The molecule has 1 aromatic rings. The summed E-state index contributed by atoms with van der Waals surface area (Å²) < 4.78 is 4.70. The lowest BCUT2D eigenvalue weighted by Crippen LogP contribution is -1.98. The van der Waals surface area contributed by atoms with E-state index in [1.807, 2.05) is 30.3 Å². The molecule has 1 rings (SSSR count). The molecule has 0 N–H and O–H groups in total. The molecule has 76 valence electrons. The van der Waals surface area contributed by atoms with Crippen LogP contribution in [0, 0.1) is 11.8 Å². The van der Waals surface area contributed by atoms with Crippen LogP contribution in [-0.2, 0) is 9.53 Å². The molecule has 0 saturated heterocycles. The third-order valence-corrected chi connectivity index (χ3v) is 1.58. The highest BCUT2D eigenvalue weighted by atomic mass is 16.5. The normalized spacial score (nSPS) is 9.40. The molecule has 0 amide bonds. The van der Waals surface area contributed by atoms with Gasteiger partial charge in [0.05, 0.1) is 6.61 Å². The zero-order valence-corrected chi connectivity index (χ0v) is 8.57. The first-order valence-corrected chi connectivity index (χ1v) is 4.73. The van der Waals surface area contributed by atoms with Crippen molar-refractivity contribution in [3.63, 3.8) is 0 Å². The van der Waals surface area contributed by atoms with Crippen LogP contribution >= 0.6 is 0 Å². The Labute approximate surface area is 89.6 Å². The molecular formula is C13H12O2. The van der Waals surface area contributed by atoms with Crippen molar-refractivity contribution in [2.75, 3.05) is 6.61 Å². The van der Waals surface area contributed by atoms with Crippen molar-refractivity contribution >= 4 is 5.97 Å². The highest BCUT2D eigenvalue weighted by molar-refractivity contribution is 5.82. The molecule has 2 heteroatoms. The van der Waals surface area contributed by atoms with Gasteiger partial charge >= 0.3 is 5.97 Å². The predicted octanol–water partition coefficient (Wildman–Crippen LogP) is 2.16. The number of rotatable bonds is 2. The summed E-state index contributed by atoms with van der Waals surface area (Å²) >= 11 is 0. The number of ether oxygens (including phenoxy) is 1. The zero-order chi connectivity index (χ0) is 10.9. The summed E-state index contributed by atoms with van der Waals surface area (Å²) in [5, 5.41) is 0. The molecule has 1 aromatic carbocycles. The van der Waals surface area contributed by atoms with E-state index in [-0.39, 0.29) is 5.97 Å². The van der Waals surface area contributed by atoms with Crippen LogP contribution in [0.2, 0.25) is 0 Å². The summed E-state index contributed by atoms with van der Waals surface area (Å²) in [4.78, 5) is 10.9. The topological polar surface area (TPSA) is 26.3 Å². The molecular weight excluding hydrogens is 188 g/mol. The minimum atomic E-state index is -0.361. The molecule has 2 nitrogen and oxygen atoms in total. The third-order valence-electron chi connectivity index (χ3n) is 1.58. The van der Waals surface area contributed by atoms with Gasteiger partial charge in [-0.05, 0) is 25.1 Å². The summed E-state index contributed by atoms with van der Waals surface area (Å²) in [7, 11) is 0. The Kier molecular flexibility index (Phi) is 4.75. The fraction of sp³-hybridized carbons (Fsp3) is 0.154. The Morgan fingerprint density at radius 1 is 1.40 bits per heavy atom. The van der Waals surface area contributed by atoms with Gasteiger partial charge < -0.3 is 4.74 Å². The van der Waals surface area contributed by atoms with Gasteiger partial charge in [-0.3, -0.25) is 0 Å². The van der Waals surface area contributed by atoms with E-state index in [0.717, 1.165) is 5.56 Å². The van der Waals surface area contributed by atoms with E-state index < -0.39 is 0 Å². The molecule has 0 spiro atoms. The Morgan fingerprint density at radius 2 is 2.13 bits per heavy atom. The lowest BCUT2D eigenvalue weighted by molar-refractivity contribution is -0.137. The first-order valence-electron chi connectivity index (χ1n) is 4.73. The largest absolute Gasteiger partial charge is 0.463 e. The van der Waals surface area contributed by atoms with Crippen molar-refractivity contribution in [1.82, 2.24) is 0 Å². The number of esters is 1. The summed E-state index contributed by atoms with van der Waals surface area (Å²) in [5.41, 5.74) is 0.922. The Bertz CT molecular complexity index is 394. The molecule has 0 bridgehead atoms. The van der Waals surface area contributed by atoms with Crippen molar-refractivity contribution in [2.24, 2.45) is 0 Å². The molecule has 0 aliphatic carbocycles. The fourth-order valence-electron chi connectivity index (χ4n) is 0.947. The van der Waals surface area contributed by atoms with Crippen molar-refractivity contribution in [3.05, 3.63) is 48.0 Å². The van der Waals surface area contributed by atoms with Gasteiger partial charge in [0.2, 0.25) is 0 Å². The molecule has 0 heterocycles. The summed E-state index contributed by atoms with van der Waals surface area (Å²) in [6.45, 7) is 2.15. The number of allylic oxidation sites excluding steroid dienone is 1. The van der Waals surface area contributed by atoms with Gasteiger partial charge in [0, 0.05) is 11.6 Å². The second kappa shape index (κ2) is 6.44. The van der Waals surface area contributed by atoms with E-state index in [9.17, 15) is 4.79 Å². The highest BCUT2D eigenvalue weighted by Crippen LogP contribution is 1.94. The van der Waals surface area contributed by atoms with Crippen LogP contribution in [0.5, 0.6) is 0 Å². The standard InChI is InChI=1S/C13H12O2/c1-2-15-13(14)11-7-6-10-12-8-4-3-5-9-12/h3-5,7-9,11H,2H2,1H3/b11-7-. The highest BCUT2D eigenvalue weighted by Gasteiger charge is 1.89. The minimum absolute atomic E-state index is 0.361. The number of hydrogen-bond donors (Lipinski definition) is 0.